The normalized spacial score (nSPS) is 10.1. The molecule has 2 amide bonds. The highest BCUT2D eigenvalue weighted by Crippen LogP contribution is 2.01. The molecule has 0 heterocycles. The molecular weight excluding hydrogens is 198 g/mol. The van der Waals surface area contributed by atoms with Crippen molar-refractivity contribution in [3.63, 3.8) is 0 Å². The maximum absolute atomic E-state index is 10.5. The van der Waals surface area contributed by atoms with E-state index in [9.17, 15) is 9.59 Å². The van der Waals surface area contributed by atoms with Gasteiger partial charge in [-0.05, 0) is 17.7 Å². The highest BCUT2D eigenvalue weighted by atomic mass is 16.4. The molecule has 15 heavy (non-hydrogen) atoms. The summed E-state index contributed by atoms with van der Waals surface area (Å²) in [5, 5.41) is 12.1. The van der Waals surface area contributed by atoms with Crippen molar-refractivity contribution in [3.05, 3.63) is 35.4 Å². The van der Waals surface area contributed by atoms with Crippen LogP contribution in [0, 0.1) is 0 Å². The summed E-state index contributed by atoms with van der Waals surface area (Å²) >= 11 is 0. The van der Waals surface area contributed by atoms with Crippen LogP contribution in [0.4, 0.5) is 4.79 Å². The number of rotatable bonds is 3. The zero-order valence-electron chi connectivity index (χ0n) is 7.68. The largest absolute Gasteiger partial charge is 0.478 e. The monoisotopic (exact) mass is 207 g/mol. The van der Waals surface area contributed by atoms with E-state index in [4.69, 9.17) is 10.8 Å². The molecule has 6 heteroatoms. The first kappa shape index (κ1) is 10.7. The molecule has 0 aliphatic carbocycles. The summed E-state index contributed by atoms with van der Waals surface area (Å²) in [5.74, 6) is -0.992. The Morgan fingerprint density at radius 1 is 1.33 bits per heavy atom. The number of carboxylic acids is 1. The molecule has 78 valence electrons. The number of carboxylic acid groups (broad SMARTS) is 1. The fourth-order valence-electron chi connectivity index (χ4n) is 0.882. The van der Waals surface area contributed by atoms with Gasteiger partial charge in [0.25, 0.3) is 0 Å². The van der Waals surface area contributed by atoms with E-state index < -0.39 is 12.0 Å². The van der Waals surface area contributed by atoms with Crippen LogP contribution in [0.1, 0.15) is 15.9 Å². The van der Waals surface area contributed by atoms with Crippen molar-refractivity contribution in [2.45, 2.75) is 0 Å². The third-order valence-electron chi connectivity index (χ3n) is 1.55. The van der Waals surface area contributed by atoms with Crippen molar-refractivity contribution in [1.82, 2.24) is 5.43 Å². The summed E-state index contributed by atoms with van der Waals surface area (Å²) < 4.78 is 0. The predicted octanol–water partition coefficient (Wildman–Crippen LogP) is 0.387. The first-order valence-electron chi connectivity index (χ1n) is 4.01. The number of urea groups is 1. The van der Waals surface area contributed by atoms with Crippen molar-refractivity contribution in [3.8, 4) is 0 Å². The Balaban J connectivity index is 2.68. The third-order valence-corrected chi connectivity index (χ3v) is 1.55. The number of aromatic carboxylic acids is 1. The van der Waals surface area contributed by atoms with Gasteiger partial charge in [-0.3, -0.25) is 0 Å². The number of nitrogens with two attached hydrogens (primary N) is 1. The van der Waals surface area contributed by atoms with E-state index in [0.29, 0.717) is 5.56 Å². The van der Waals surface area contributed by atoms with Gasteiger partial charge < -0.3 is 10.8 Å². The Hall–Kier alpha value is -2.37. The molecule has 0 spiro atoms. The molecule has 1 rings (SSSR count). The molecule has 0 bridgehead atoms. The second kappa shape index (κ2) is 4.75. The molecule has 0 unspecified atom stereocenters. The van der Waals surface area contributed by atoms with Crippen LogP contribution in [0.5, 0.6) is 0 Å². The summed E-state index contributed by atoms with van der Waals surface area (Å²) in [7, 11) is 0. The zero-order chi connectivity index (χ0) is 11.3. The fourth-order valence-corrected chi connectivity index (χ4v) is 0.882. The van der Waals surface area contributed by atoms with Crippen LogP contribution in [0.2, 0.25) is 0 Å². The maximum Gasteiger partial charge on any atom is 0.335 e. The number of carbonyl (C=O) groups excluding carboxylic acids is 1. The summed E-state index contributed by atoms with van der Waals surface area (Å²) in [6.07, 6.45) is 1.36. The van der Waals surface area contributed by atoms with Gasteiger partial charge in [-0.25, -0.2) is 15.0 Å². The minimum Gasteiger partial charge on any atom is -0.478 e. The molecule has 6 nitrogen and oxygen atoms in total. The first-order chi connectivity index (χ1) is 7.09. The van der Waals surface area contributed by atoms with Crippen molar-refractivity contribution in [1.29, 1.82) is 0 Å². The Bertz CT molecular complexity index is 398. The van der Waals surface area contributed by atoms with Crippen molar-refractivity contribution in [2.24, 2.45) is 10.8 Å². The number of nitrogens with zero attached hydrogens (tertiary/aromatic N) is 1. The van der Waals surface area contributed by atoms with Gasteiger partial charge >= 0.3 is 12.0 Å². The summed E-state index contributed by atoms with van der Waals surface area (Å²) in [6, 6.07) is 5.25. The van der Waals surface area contributed by atoms with E-state index in [1.807, 2.05) is 5.43 Å². The van der Waals surface area contributed by atoms with E-state index in [-0.39, 0.29) is 5.56 Å². The first-order valence-corrected chi connectivity index (χ1v) is 4.01. The van der Waals surface area contributed by atoms with E-state index in [2.05, 4.69) is 5.10 Å². The summed E-state index contributed by atoms with van der Waals surface area (Å²) in [4.78, 5) is 20.8. The molecule has 1 aromatic carbocycles. The molecule has 1 aromatic rings. The minimum atomic E-state index is -0.992. The second-order valence-corrected chi connectivity index (χ2v) is 2.66. The number of hydrogen-bond acceptors (Lipinski definition) is 3. The van der Waals surface area contributed by atoms with E-state index >= 15 is 0 Å². The van der Waals surface area contributed by atoms with Crippen molar-refractivity contribution >= 4 is 18.2 Å². The Morgan fingerprint density at radius 3 is 2.40 bits per heavy atom. The molecule has 0 aromatic heterocycles. The van der Waals surface area contributed by atoms with Crippen LogP contribution >= 0.6 is 0 Å². The minimum absolute atomic E-state index is 0.190. The molecule has 0 saturated heterocycles. The Labute approximate surface area is 85.4 Å². The summed E-state index contributed by atoms with van der Waals surface area (Å²) in [5.41, 5.74) is 7.65. The van der Waals surface area contributed by atoms with Gasteiger partial charge in [0, 0.05) is 0 Å². The Morgan fingerprint density at radius 2 is 1.93 bits per heavy atom. The van der Waals surface area contributed by atoms with Gasteiger partial charge in [-0.2, -0.15) is 5.10 Å². The van der Waals surface area contributed by atoms with E-state index in [1.165, 1.54) is 18.3 Å². The van der Waals surface area contributed by atoms with Gasteiger partial charge in [-0.15, -0.1) is 0 Å². The Kier molecular flexibility index (Phi) is 3.39. The highest BCUT2D eigenvalue weighted by Gasteiger charge is 1.99. The summed E-state index contributed by atoms with van der Waals surface area (Å²) in [6.45, 7) is 0. The molecule has 4 N–H and O–H groups in total. The molecule has 0 atom stereocenters. The van der Waals surface area contributed by atoms with Crippen LogP contribution in [-0.4, -0.2) is 23.3 Å². The van der Waals surface area contributed by atoms with Gasteiger partial charge in [0.15, 0.2) is 0 Å². The number of carbonyl (C=O) groups is 2. The van der Waals surface area contributed by atoms with Gasteiger partial charge in [0.2, 0.25) is 0 Å². The van der Waals surface area contributed by atoms with Crippen LogP contribution < -0.4 is 11.2 Å². The number of benzene rings is 1. The van der Waals surface area contributed by atoms with Gasteiger partial charge in [0.1, 0.15) is 0 Å². The van der Waals surface area contributed by atoms with E-state index in [0.717, 1.165) is 0 Å². The smallest absolute Gasteiger partial charge is 0.335 e. The predicted molar refractivity (Wildman–Crippen MR) is 53.7 cm³/mol. The molecule has 0 aliphatic heterocycles. The fraction of sp³-hybridized carbons (Fsp3) is 0. The lowest BCUT2D eigenvalue weighted by Crippen LogP contribution is -2.24. The number of amides is 2. The standard InChI is InChI=1S/C9H9N3O3/c10-9(15)12-11-5-6-1-3-7(4-2-6)8(13)14/h1-5H,(H,13,14)(H3,10,12,15)/b11-5+. The highest BCUT2D eigenvalue weighted by molar-refractivity contribution is 5.89. The van der Waals surface area contributed by atoms with Crippen LogP contribution in [0.3, 0.4) is 0 Å². The molecule has 0 saturated carbocycles. The third kappa shape index (κ3) is 3.47. The molecule has 0 aliphatic rings. The lowest BCUT2D eigenvalue weighted by Gasteiger charge is -1.95. The molecule has 0 fully saturated rings. The van der Waals surface area contributed by atoms with Crippen LogP contribution in [0.15, 0.2) is 29.4 Å². The number of hydrogen-bond donors (Lipinski definition) is 3. The zero-order valence-corrected chi connectivity index (χ0v) is 7.68. The quantitative estimate of drug-likeness (QED) is 0.493. The van der Waals surface area contributed by atoms with Crippen LogP contribution in [0.25, 0.3) is 0 Å². The number of hydrazone groups is 1. The SMILES string of the molecule is NC(=O)N/N=C/c1ccc(C(=O)O)cc1. The molecule has 0 radical (unpaired) electrons. The average molecular weight is 207 g/mol. The van der Waals surface area contributed by atoms with E-state index in [1.54, 1.807) is 12.1 Å². The second-order valence-electron chi connectivity index (χ2n) is 2.66. The average Bonchev–Trinajstić information content (AvgIpc) is 2.18. The maximum atomic E-state index is 10.5. The van der Waals surface area contributed by atoms with Crippen LogP contribution in [-0.2, 0) is 0 Å². The molecular formula is C9H9N3O3. The van der Waals surface area contributed by atoms with Crippen molar-refractivity contribution in [2.75, 3.05) is 0 Å². The lowest BCUT2D eigenvalue weighted by molar-refractivity contribution is 0.0697. The number of nitrogens with one attached hydrogen (secondary N) is 1. The topological polar surface area (TPSA) is 105 Å². The van der Waals surface area contributed by atoms with Gasteiger partial charge in [0.05, 0.1) is 11.8 Å². The lowest BCUT2D eigenvalue weighted by atomic mass is 10.1. The van der Waals surface area contributed by atoms with Crippen molar-refractivity contribution < 1.29 is 14.7 Å². The van der Waals surface area contributed by atoms with Gasteiger partial charge in [-0.1, -0.05) is 12.1 Å². The number of primary amides is 1.